The zero-order chi connectivity index (χ0) is 18.2. The number of carbonyl (C=O) groups excluding carboxylic acids is 2. The molecule has 1 saturated heterocycles. The highest BCUT2D eigenvalue weighted by molar-refractivity contribution is 5.94. The second-order valence-corrected chi connectivity index (χ2v) is 6.88. The number of piperazine rings is 1. The first kappa shape index (κ1) is 19.2. The fraction of sp³-hybridized carbons (Fsp3) is 0.556. The number of quaternary nitrogens is 1. The van der Waals surface area contributed by atoms with Gasteiger partial charge < -0.3 is 15.1 Å². The van der Waals surface area contributed by atoms with E-state index in [1.165, 1.54) is 12.1 Å². The third kappa shape index (κ3) is 6.70. The van der Waals surface area contributed by atoms with Gasteiger partial charge in [0.25, 0.3) is 5.91 Å². The van der Waals surface area contributed by atoms with Gasteiger partial charge in [-0.15, -0.1) is 0 Å². The van der Waals surface area contributed by atoms with Crippen molar-refractivity contribution in [2.45, 2.75) is 20.3 Å². The summed E-state index contributed by atoms with van der Waals surface area (Å²) in [6.45, 7) is 8.23. The van der Waals surface area contributed by atoms with E-state index >= 15 is 0 Å². The molecule has 0 atom stereocenters. The van der Waals surface area contributed by atoms with E-state index in [4.69, 9.17) is 0 Å². The maximum absolute atomic E-state index is 13.0. The van der Waals surface area contributed by atoms with Gasteiger partial charge in [-0.3, -0.25) is 10.1 Å². The Morgan fingerprint density at radius 2 is 1.84 bits per heavy atom. The topological polar surface area (TPSA) is 65.9 Å². The van der Waals surface area contributed by atoms with Gasteiger partial charge in [-0.2, -0.15) is 0 Å². The van der Waals surface area contributed by atoms with E-state index in [-0.39, 0.29) is 18.3 Å². The first-order valence-corrected chi connectivity index (χ1v) is 8.86. The number of halogens is 1. The number of benzene rings is 1. The molecular formula is C18H28FN4O2+. The van der Waals surface area contributed by atoms with Crippen LogP contribution in [0.25, 0.3) is 0 Å². The minimum Gasteiger partial charge on any atom is -0.360 e. The van der Waals surface area contributed by atoms with Gasteiger partial charge in [0.15, 0.2) is 6.54 Å². The molecule has 25 heavy (non-hydrogen) atoms. The van der Waals surface area contributed by atoms with Gasteiger partial charge in [0, 0.05) is 12.2 Å². The molecule has 7 heteroatoms. The largest absolute Gasteiger partial charge is 0.360 e. The van der Waals surface area contributed by atoms with Crippen molar-refractivity contribution in [1.29, 1.82) is 0 Å². The maximum Gasteiger partial charge on any atom is 0.321 e. The number of nitrogens with one attached hydrogen (secondary N) is 3. The van der Waals surface area contributed by atoms with Crippen LogP contribution in [0.2, 0.25) is 0 Å². The number of nitrogens with zero attached hydrogens (tertiary/aromatic N) is 1. The van der Waals surface area contributed by atoms with Crippen molar-refractivity contribution in [3.8, 4) is 0 Å². The number of imide groups is 1. The lowest BCUT2D eigenvalue weighted by Gasteiger charge is -2.33. The fourth-order valence-electron chi connectivity index (χ4n) is 2.83. The first-order valence-electron chi connectivity index (χ1n) is 8.86. The van der Waals surface area contributed by atoms with Gasteiger partial charge in [0.1, 0.15) is 5.82 Å². The number of carbonyl (C=O) groups is 2. The molecule has 1 fully saturated rings. The van der Waals surface area contributed by atoms with Crippen LogP contribution in [0.5, 0.6) is 0 Å². The molecule has 138 valence electrons. The highest BCUT2D eigenvalue weighted by Crippen LogP contribution is 2.14. The molecule has 1 heterocycles. The molecule has 0 radical (unpaired) electrons. The maximum atomic E-state index is 13.0. The minimum atomic E-state index is -0.421. The Morgan fingerprint density at radius 3 is 2.44 bits per heavy atom. The summed E-state index contributed by atoms with van der Waals surface area (Å²) in [7, 11) is 0. The van der Waals surface area contributed by atoms with Gasteiger partial charge in [-0.1, -0.05) is 13.8 Å². The van der Waals surface area contributed by atoms with E-state index in [0.717, 1.165) is 43.2 Å². The molecule has 0 aliphatic carbocycles. The van der Waals surface area contributed by atoms with E-state index in [9.17, 15) is 14.0 Å². The highest BCUT2D eigenvalue weighted by atomic mass is 19.1. The minimum absolute atomic E-state index is 0.239. The van der Waals surface area contributed by atoms with Gasteiger partial charge in [0.2, 0.25) is 0 Å². The average Bonchev–Trinajstić information content (AvgIpc) is 2.56. The summed E-state index contributed by atoms with van der Waals surface area (Å²) in [5, 5.41) is 5.08. The first-order chi connectivity index (χ1) is 11.9. The summed E-state index contributed by atoms with van der Waals surface area (Å²) < 4.78 is 13.0. The molecule has 2 rings (SSSR count). The van der Waals surface area contributed by atoms with Crippen molar-refractivity contribution in [3.63, 3.8) is 0 Å². The second kappa shape index (κ2) is 9.36. The summed E-state index contributed by atoms with van der Waals surface area (Å²) in [6.07, 6.45) is 0.887. The number of hydrogen-bond acceptors (Lipinski definition) is 3. The standard InChI is InChI=1S/C18H27FN4O2/c1-14(2)7-8-20-18(25)21-17(24)13-22-9-11-23(12-10-22)16-5-3-15(19)4-6-16/h3-6,14H,7-13H2,1-2H3,(H2,20,21,24,25)/p+1. The Morgan fingerprint density at radius 1 is 1.20 bits per heavy atom. The second-order valence-electron chi connectivity index (χ2n) is 6.88. The molecule has 3 N–H and O–H groups in total. The predicted octanol–water partition coefficient (Wildman–Crippen LogP) is 0.403. The van der Waals surface area contributed by atoms with E-state index in [1.54, 1.807) is 12.1 Å². The van der Waals surface area contributed by atoms with Crippen LogP contribution in [0.3, 0.4) is 0 Å². The summed E-state index contributed by atoms with van der Waals surface area (Å²) in [6, 6.07) is 6.04. The summed E-state index contributed by atoms with van der Waals surface area (Å²) >= 11 is 0. The molecule has 0 saturated carbocycles. The monoisotopic (exact) mass is 351 g/mol. The fourth-order valence-corrected chi connectivity index (χ4v) is 2.83. The number of hydrogen-bond donors (Lipinski definition) is 3. The van der Waals surface area contributed by atoms with E-state index in [0.29, 0.717) is 12.5 Å². The Balaban J connectivity index is 1.68. The zero-order valence-corrected chi connectivity index (χ0v) is 15.0. The summed E-state index contributed by atoms with van der Waals surface area (Å²) in [5.74, 6) is 0.0153. The number of anilines is 1. The number of urea groups is 1. The molecule has 6 nitrogen and oxygen atoms in total. The lowest BCUT2D eigenvalue weighted by molar-refractivity contribution is -0.892. The van der Waals surface area contributed by atoms with Crippen molar-refractivity contribution in [2.24, 2.45) is 5.92 Å². The van der Waals surface area contributed by atoms with Crippen LogP contribution >= 0.6 is 0 Å². The normalized spacial score (nSPS) is 15.3. The van der Waals surface area contributed by atoms with Gasteiger partial charge in [-0.05, 0) is 36.6 Å². The third-order valence-corrected chi connectivity index (χ3v) is 4.33. The van der Waals surface area contributed by atoms with Gasteiger partial charge in [0.05, 0.1) is 26.2 Å². The molecule has 3 amide bonds. The van der Waals surface area contributed by atoms with Crippen molar-refractivity contribution in [3.05, 3.63) is 30.1 Å². The number of rotatable bonds is 6. The van der Waals surface area contributed by atoms with Crippen molar-refractivity contribution < 1.29 is 18.9 Å². The van der Waals surface area contributed by atoms with Crippen molar-refractivity contribution in [1.82, 2.24) is 10.6 Å². The molecule has 0 aromatic heterocycles. The van der Waals surface area contributed by atoms with Crippen LogP contribution in [-0.4, -0.2) is 51.2 Å². The van der Waals surface area contributed by atoms with E-state index in [2.05, 4.69) is 29.4 Å². The van der Waals surface area contributed by atoms with Crippen LogP contribution in [0.4, 0.5) is 14.9 Å². The lowest BCUT2D eigenvalue weighted by atomic mass is 10.1. The quantitative estimate of drug-likeness (QED) is 0.695. The van der Waals surface area contributed by atoms with Crippen LogP contribution in [-0.2, 0) is 4.79 Å². The molecule has 1 aliphatic rings. The Kier molecular flexibility index (Phi) is 7.18. The molecule has 1 aromatic carbocycles. The predicted molar refractivity (Wildman–Crippen MR) is 95.2 cm³/mol. The summed E-state index contributed by atoms with van der Waals surface area (Å²) in [5.41, 5.74) is 0.995. The SMILES string of the molecule is CC(C)CCNC(=O)NC(=O)C[NH+]1CCN(c2ccc(F)cc2)CC1. The Bertz CT molecular complexity index is 569. The molecule has 0 spiro atoms. The molecular weight excluding hydrogens is 323 g/mol. The van der Waals surface area contributed by atoms with Gasteiger partial charge >= 0.3 is 6.03 Å². The van der Waals surface area contributed by atoms with Crippen LogP contribution < -0.4 is 20.4 Å². The summed E-state index contributed by atoms with van der Waals surface area (Å²) in [4.78, 5) is 26.9. The lowest BCUT2D eigenvalue weighted by Crippen LogP contribution is -3.16. The number of amides is 3. The van der Waals surface area contributed by atoms with E-state index in [1.807, 2.05) is 0 Å². The third-order valence-electron chi connectivity index (χ3n) is 4.33. The average molecular weight is 351 g/mol. The van der Waals surface area contributed by atoms with Crippen molar-refractivity contribution >= 4 is 17.6 Å². The smallest absolute Gasteiger partial charge is 0.321 e. The van der Waals surface area contributed by atoms with Crippen LogP contribution in [0.1, 0.15) is 20.3 Å². The van der Waals surface area contributed by atoms with Crippen LogP contribution in [0, 0.1) is 11.7 Å². The van der Waals surface area contributed by atoms with Gasteiger partial charge in [-0.25, -0.2) is 9.18 Å². The molecule has 1 aromatic rings. The molecule has 0 unspecified atom stereocenters. The Hall–Kier alpha value is -2.15. The highest BCUT2D eigenvalue weighted by Gasteiger charge is 2.23. The Labute approximate surface area is 148 Å². The van der Waals surface area contributed by atoms with Crippen LogP contribution in [0.15, 0.2) is 24.3 Å². The molecule has 1 aliphatic heterocycles. The molecule has 0 bridgehead atoms. The van der Waals surface area contributed by atoms with Crippen molar-refractivity contribution in [2.75, 3.05) is 44.2 Å². The zero-order valence-electron chi connectivity index (χ0n) is 15.0. The van der Waals surface area contributed by atoms with E-state index < -0.39 is 6.03 Å².